The SMILES string of the molecule is CC1CCCO1.ClCCCCCCl. The second kappa shape index (κ2) is 10.6. The molecule has 1 unspecified atom stereocenters. The van der Waals surface area contributed by atoms with Crippen LogP contribution < -0.4 is 0 Å². The van der Waals surface area contributed by atoms with Crippen molar-refractivity contribution in [3.05, 3.63) is 0 Å². The first kappa shape index (κ1) is 13.5. The first-order valence-corrected chi connectivity index (χ1v) is 6.11. The van der Waals surface area contributed by atoms with E-state index >= 15 is 0 Å². The van der Waals surface area contributed by atoms with Crippen molar-refractivity contribution in [2.24, 2.45) is 0 Å². The fourth-order valence-corrected chi connectivity index (χ4v) is 1.48. The van der Waals surface area contributed by atoms with Crippen molar-refractivity contribution in [2.75, 3.05) is 18.4 Å². The molecule has 0 bridgehead atoms. The van der Waals surface area contributed by atoms with Gasteiger partial charge in [-0.2, -0.15) is 0 Å². The minimum absolute atomic E-state index is 0.546. The van der Waals surface area contributed by atoms with Crippen LogP contribution in [0.25, 0.3) is 0 Å². The van der Waals surface area contributed by atoms with Crippen molar-refractivity contribution < 1.29 is 4.74 Å². The Kier molecular flexibility index (Phi) is 11.1. The van der Waals surface area contributed by atoms with E-state index in [4.69, 9.17) is 27.9 Å². The summed E-state index contributed by atoms with van der Waals surface area (Å²) in [5.74, 6) is 1.55. The van der Waals surface area contributed by atoms with Crippen LogP contribution in [0.5, 0.6) is 0 Å². The van der Waals surface area contributed by atoms with E-state index in [0.717, 1.165) is 31.2 Å². The molecule has 0 aromatic carbocycles. The summed E-state index contributed by atoms with van der Waals surface area (Å²) in [6.45, 7) is 3.11. The fraction of sp³-hybridized carbons (Fsp3) is 1.00. The quantitative estimate of drug-likeness (QED) is 0.524. The Balaban J connectivity index is 0.000000223. The van der Waals surface area contributed by atoms with Crippen molar-refractivity contribution in [3.63, 3.8) is 0 Å². The zero-order valence-corrected chi connectivity index (χ0v) is 9.91. The van der Waals surface area contributed by atoms with E-state index in [-0.39, 0.29) is 0 Å². The number of hydrogen-bond acceptors (Lipinski definition) is 1. The molecular weight excluding hydrogens is 207 g/mol. The Morgan fingerprint density at radius 2 is 1.77 bits per heavy atom. The van der Waals surface area contributed by atoms with Crippen LogP contribution in [0.2, 0.25) is 0 Å². The molecule has 0 aromatic rings. The zero-order valence-electron chi connectivity index (χ0n) is 8.40. The molecule has 0 aromatic heterocycles. The van der Waals surface area contributed by atoms with Crippen molar-refractivity contribution in [1.29, 1.82) is 0 Å². The second-order valence-corrected chi connectivity index (χ2v) is 4.02. The summed E-state index contributed by atoms with van der Waals surface area (Å²) in [7, 11) is 0. The molecule has 1 aliphatic heterocycles. The summed E-state index contributed by atoms with van der Waals surface area (Å²) in [5.41, 5.74) is 0. The van der Waals surface area contributed by atoms with Crippen molar-refractivity contribution >= 4 is 23.2 Å². The molecule has 0 amide bonds. The lowest BCUT2D eigenvalue weighted by molar-refractivity contribution is 0.125. The highest BCUT2D eigenvalue weighted by atomic mass is 35.5. The number of ether oxygens (including phenoxy) is 1. The van der Waals surface area contributed by atoms with Crippen LogP contribution in [0.15, 0.2) is 0 Å². The number of hydrogen-bond donors (Lipinski definition) is 0. The Morgan fingerprint density at radius 1 is 1.15 bits per heavy atom. The van der Waals surface area contributed by atoms with Crippen LogP contribution in [0.3, 0.4) is 0 Å². The Hall–Kier alpha value is 0.540. The van der Waals surface area contributed by atoms with Gasteiger partial charge in [0, 0.05) is 18.4 Å². The van der Waals surface area contributed by atoms with Crippen LogP contribution in [-0.2, 0) is 4.74 Å². The van der Waals surface area contributed by atoms with Crippen LogP contribution in [0.1, 0.15) is 39.0 Å². The summed E-state index contributed by atoms with van der Waals surface area (Å²) in [4.78, 5) is 0. The maximum atomic E-state index is 5.39. The van der Waals surface area contributed by atoms with E-state index < -0.39 is 0 Å². The summed E-state index contributed by atoms with van der Waals surface area (Å²) < 4.78 is 5.15. The van der Waals surface area contributed by atoms with Gasteiger partial charge in [0.15, 0.2) is 0 Å². The molecule has 3 heteroatoms. The second-order valence-electron chi connectivity index (χ2n) is 3.26. The summed E-state index contributed by atoms with van der Waals surface area (Å²) in [5, 5.41) is 0. The van der Waals surface area contributed by atoms with Crippen molar-refractivity contribution in [2.45, 2.75) is 45.1 Å². The molecule has 13 heavy (non-hydrogen) atoms. The van der Waals surface area contributed by atoms with Gasteiger partial charge in [0.2, 0.25) is 0 Å². The Labute approximate surface area is 91.7 Å². The molecule has 0 aliphatic carbocycles. The number of rotatable bonds is 4. The van der Waals surface area contributed by atoms with E-state index in [2.05, 4.69) is 6.92 Å². The monoisotopic (exact) mass is 226 g/mol. The average molecular weight is 227 g/mol. The third kappa shape index (κ3) is 10.5. The van der Waals surface area contributed by atoms with E-state index in [9.17, 15) is 0 Å². The van der Waals surface area contributed by atoms with Gasteiger partial charge in [-0.25, -0.2) is 0 Å². The molecule has 1 heterocycles. The molecule has 1 atom stereocenters. The number of halogens is 2. The summed E-state index contributed by atoms with van der Waals surface area (Å²) in [6.07, 6.45) is 6.46. The fourth-order valence-electron chi connectivity index (χ4n) is 1.10. The molecule has 80 valence electrons. The highest BCUT2D eigenvalue weighted by Gasteiger charge is 2.07. The van der Waals surface area contributed by atoms with Gasteiger partial charge in [0.1, 0.15) is 0 Å². The standard InChI is InChI=1S/C5H10Cl2.C5H10O/c6-4-2-1-3-5-7;1-5-3-2-4-6-5/h1-5H2;5H,2-4H2,1H3. The Morgan fingerprint density at radius 3 is 2.00 bits per heavy atom. The average Bonchev–Trinajstić information content (AvgIpc) is 2.58. The van der Waals surface area contributed by atoms with Gasteiger partial charge < -0.3 is 4.74 Å². The van der Waals surface area contributed by atoms with Gasteiger partial charge in [-0.1, -0.05) is 6.42 Å². The first-order valence-electron chi connectivity index (χ1n) is 5.04. The van der Waals surface area contributed by atoms with Crippen LogP contribution in [0, 0.1) is 0 Å². The van der Waals surface area contributed by atoms with Crippen LogP contribution in [0.4, 0.5) is 0 Å². The highest BCUT2D eigenvalue weighted by Crippen LogP contribution is 2.09. The predicted octanol–water partition coefficient (Wildman–Crippen LogP) is 3.82. The molecule has 0 saturated carbocycles. The molecule has 1 aliphatic rings. The highest BCUT2D eigenvalue weighted by molar-refractivity contribution is 6.18. The molecule has 1 saturated heterocycles. The number of unbranched alkanes of at least 4 members (excludes halogenated alkanes) is 2. The smallest absolute Gasteiger partial charge is 0.0547 e. The normalized spacial score (nSPS) is 21.0. The van der Waals surface area contributed by atoms with Gasteiger partial charge in [-0.3, -0.25) is 0 Å². The van der Waals surface area contributed by atoms with Crippen LogP contribution >= 0.6 is 23.2 Å². The van der Waals surface area contributed by atoms with Gasteiger partial charge >= 0.3 is 0 Å². The maximum absolute atomic E-state index is 5.39. The summed E-state index contributed by atoms with van der Waals surface area (Å²) >= 11 is 10.8. The zero-order chi connectivity index (χ0) is 9.94. The van der Waals surface area contributed by atoms with Gasteiger partial charge in [0.05, 0.1) is 6.10 Å². The molecular formula is C10H20Cl2O. The maximum Gasteiger partial charge on any atom is 0.0547 e. The van der Waals surface area contributed by atoms with E-state index in [1.807, 2.05) is 0 Å². The molecule has 0 spiro atoms. The minimum Gasteiger partial charge on any atom is -0.379 e. The van der Waals surface area contributed by atoms with Crippen molar-refractivity contribution in [3.8, 4) is 0 Å². The third-order valence-electron chi connectivity index (χ3n) is 1.92. The minimum atomic E-state index is 0.546. The van der Waals surface area contributed by atoms with E-state index in [1.54, 1.807) is 0 Å². The lowest BCUT2D eigenvalue weighted by Gasteiger charge is -1.94. The third-order valence-corrected chi connectivity index (χ3v) is 2.46. The van der Waals surface area contributed by atoms with Crippen LogP contribution in [-0.4, -0.2) is 24.5 Å². The molecule has 0 radical (unpaired) electrons. The van der Waals surface area contributed by atoms with Gasteiger partial charge in [-0.15, -0.1) is 23.2 Å². The van der Waals surface area contributed by atoms with E-state index in [0.29, 0.717) is 6.10 Å². The van der Waals surface area contributed by atoms with E-state index in [1.165, 1.54) is 19.3 Å². The van der Waals surface area contributed by atoms with Gasteiger partial charge in [0.25, 0.3) is 0 Å². The molecule has 1 nitrogen and oxygen atoms in total. The predicted molar refractivity (Wildman–Crippen MR) is 59.9 cm³/mol. The lowest BCUT2D eigenvalue weighted by atomic mass is 10.3. The summed E-state index contributed by atoms with van der Waals surface area (Å²) in [6, 6.07) is 0. The van der Waals surface area contributed by atoms with Gasteiger partial charge in [-0.05, 0) is 32.6 Å². The molecule has 1 rings (SSSR count). The Bertz CT molecular complexity index is 88.9. The molecule has 1 fully saturated rings. The first-order chi connectivity index (χ1) is 6.31. The topological polar surface area (TPSA) is 9.23 Å². The van der Waals surface area contributed by atoms with Crippen molar-refractivity contribution in [1.82, 2.24) is 0 Å². The molecule has 0 N–H and O–H groups in total. The largest absolute Gasteiger partial charge is 0.379 e. The lowest BCUT2D eigenvalue weighted by Crippen LogP contribution is -1.94. The number of alkyl halides is 2.